The molecule has 116 valence electrons. The van der Waals surface area contributed by atoms with Gasteiger partial charge in [-0.05, 0) is 26.0 Å². The second kappa shape index (κ2) is 7.97. The standard InChI is InChI=1S/C14H21N3O3S/c1-5-10(6-11(18)19)7-15-13(20)12-8(2)16-9(3)17-14(12)21-4/h10H,5-7H2,1-4H3,(H,15,20)(H,18,19). The average Bonchev–Trinajstić information content (AvgIpc) is 2.41. The van der Waals surface area contributed by atoms with Crippen molar-refractivity contribution in [1.82, 2.24) is 15.3 Å². The Balaban J connectivity index is 2.82. The Morgan fingerprint density at radius 2 is 2.00 bits per heavy atom. The number of amides is 1. The summed E-state index contributed by atoms with van der Waals surface area (Å²) in [5, 5.41) is 12.3. The third kappa shape index (κ3) is 5.00. The molecule has 21 heavy (non-hydrogen) atoms. The summed E-state index contributed by atoms with van der Waals surface area (Å²) in [7, 11) is 0. The number of carboxylic acid groups (broad SMARTS) is 1. The fraction of sp³-hybridized carbons (Fsp3) is 0.571. The van der Waals surface area contributed by atoms with Crippen molar-refractivity contribution < 1.29 is 14.7 Å². The molecule has 1 unspecified atom stereocenters. The smallest absolute Gasteiger partial charge is 0.303 e. The SMILES string of the molecule is CCC(CNC(=O)c1c(C)nc(C)nc1SC)CC(=O)O. The Morgan fingerprint density at radius 1 is 1.33 bits per heavy atom. The lowest BCUT2D eigenvalue weighted by Gasteiger charge is -2.15. The number of aliphatic carboxylic acids is 1. The first-order valence-electron chi connectivity index (χ1n) is 6.78. The molecule has 0 aliphatic heterocycles. The molecular weight excluding hydrogens is 290 g/mol. The van der Waals surface area contributed by atoms with Gasteiger partial charge in [0.15, 0.2) is 0 Å². The van der Waals surface area contributed by atoms with Crippen LogP contribution >= 0.6 is 11.8 Å². The summed E-state index contributed by atoms with van der Waals surface area (Å²) in [6, 6.07) is 0. The molecule has 1 aromatic rings. The van der Waals surface area contributed by atoms with Crippen molar-refractivity contribution in [2.75, 3.05) is 12.8 Å². The van der Waals surface area contributed by atoms with E-state index in [-0.39, 0.29) is 18.2 Å². The second-order valence-corrected chi connectivity index (χ2v) is 5.62. The zero-order chi connectivity index (χ0) is 16.0. The molecule has 0 aromatic carbocycles. The molecule has 0 saturated heterocycles. The maximum atomic E-state index is 12.3. The molecule has 0 bridgehead atoms. The van der Waals surface area contributed by atoms with Gasteiger partial charge in [0.25, 0.3) is 5.91 Å². The predicted octanol–water partition coefficient (Wildman–Crippen LogP) is 2.05. The molecular formula is C14H21N3O3S. The minimum absolute atomic E-state index is 0.0511. The molecule has 0 aliphatic carbocycles. The number of carboxylic acids is 1. The lowest BCUT2D eigenvalue weighted by Crippen LogP contribution is -2.31. The van der Waals surface area contributed by atoms with Crippen LogP contribution in [0.4, 0.5) is 0 Å². The highest BCUT2D eigenvalue weighted by Gasteiger charge is 2.19. The Morgan fingerprint density at radius 3 is 2.52 bits per heavy atom. The molecule has 0 saturated carbocycles. The largest absolute Gasteiger partial charge is 0.481 e. The number of hydrogen-bond donors (Lipinski definition) is 2. The highest BCUT2D eigenvalue weighted by atomic mass is 32.2. The maximum absolute atomic E-state index is 12.3. The number of nitrogens with zero attached hydrogens (tertiary/aromatic N) is 2. The van der Waals surface area contributed by atoms with Gasteiger partial charge >= 0.3 is 5.97 Å². The highest BCUT2D eigenvalue weighted by Crippen LogP contribution is 2.20. The van der Waals surface area contributed by atoms with E-state index < -0.39 is 5.97 Å². The fourth-order valence-corrected chi connectivity index (χ4v) is 2.69. The first-order valence-corrected chi connectivity index (χ1v) is 8.00. The molecule has 1 aromatic heterocycles. The third-order valence-corrected chi connectivity index (χ3v) is 3.86. The summed E-state index contributed by atoms with van der Waals surface area (Å²) >= 11 is 1.40. The zero-order valence-corrected chi connectivity index (χ0v) is 13.6. The first-order chi connectivity index (χ1) is 9.88. The van der Waals surface area contributed by atoms with Crippen LogP contribution in [0.15, 0.2) is 5.03 Å². The van der Waals surface area contributed by atoms with Crippen molar-refractivity contribution in [1.29, 1.82) is 0 Å². The van der Waals surface area contributed by atoms with Gasteiger partial charge in [-0.15, -0.1) is 11.8 Å². The van der Waals surface area contributed by atoms with E-state index >= 15 is 0 Å². The van der Waals surface area contributed by atoms with Gasteiger partial charge in [0.05, 0.1) is 11.3 Å². The van der Waals surface area contributed by atoms with Gasteiger partial charge in [-0.2, -0.15) is 0 Å². The zero-order valence-electron chi connectivity index (χ0n) is 12.8. The van der Waals surface area contributed by atoms with Crippen LogP contribution in [0, 0.1) is 19.8 Å². The number of thioether (sulfide) groups is 1. The van der Waals surface area contributed by atoms with Gasteiger partial charge in [-0.1, -0.05) is 13.3 Å². The van der Waals surface area contributed by atoms with E-state index in [1.165, 1.54) is 11.8 Å². The molecule has 1 amide bonds. The van der Waals surface area contributed by atoms with E-state index in [9.17, 15) is 9.59 Å². The van der Waals surface area contributed by atoms with Gasteiger partial charge in [-0.25, -0.2) is 9.97 Å². The van der Waals surface area contributed by atoms with Crippen LogP contribution < -0.4 is 5.32 Å². The van der Waals surface area contributed by atoms with E-state index in [1.54, 1.807) is 13.8 Å². The van der Waals surface area contributed by atoms with E-state index in [2.05, 4.69) is 15.3 Å². The molecule has 6 nitrogen and oxygen atoms in total. The van der Waals surface area contributed by atoms with Crippen molar-refractivity contribution in [3.8, 4) is 0 Å². The number of aromatic nitrogens is 2. The molecule has 1 atom stereocenters. The lowest BCUT2D eigenvalue weighted by molar-refractivity contribution is -0.138. The predicted molar refractivity (Wildman–Crippen MR) is 81.7 cm³/mol. The Kier molecular flexibility index (Phi) is 6.61. The second-order valence-electron chi connectivity index (χ2n) is 4.82. The average molecular weight is 311 g/mol. The number of aryl methyl sites for hydroxylation is 2. The Bertz CT molecular complexity index is 534. The van der Waals surface area contributed by atoms with E-state index in [0.29, 0.717) is 35.1 Å². The van der Waals surface area contributed by atoms with Crippen molar-refractivity contribution in [2.45, 2.75) is 38.6 Å². The number of carbonyl (C=O) groups excluding carboxylic acids is 1. The third-order valence-electron chi connectivity index (χ3n) is 3.18. The Labute approximate surface area is 128 Å². The molecule has 0 radical (unpaired) electrons. The molecule has 1 rings (SSSR count). The molecule has 0 fully saturated rings. The monoisotopic (exact) mass is 311 g/mol. The van der Waals surface area contributed by atoms with E-state index in [0.717, 1.165) is 0 Å². The summed E-state index contributed by atoms with van der Waals surface area (Å²) in [4.78, 5) is 31.5. The normalized spacial score (nSPS) is 12.0. The van der Waals surface area contributed by atoms with Crippen LogP contribution in [0.5, 0.6) is 0 Å². The number of rotatable bonds is 7. The summed E-state index contributed by atoms with van der Waals surface area (Å²) in [6.45, 7) is 5.81. The van der Waals surface area contributed by atoms with E-state index in [1.807, 2.05) is 13.2 Å². The van der Waals surface area contributed by atoms with Crippen LogP contribution in [0.25, 0.3) is 0 Å². The van der Waals surface area contributed by atoms with E-state index in [4.69, 9.17) is 5.11 Å². The van der Waals surface area contributed by atoms with Crippen molar-refractivity contribution >= 4 is 23.6 Å². The molecule has 7 heteroatoms. The fourth-order valence-electron chi connectivity index (χ4n) is 2.02. The van der Waals surface area contributed by atoms with Crippen molar-refractivity contribution in [2.24, 2.45) is 5.92 Å². The van der Waals surface area contributed by atoms with Gasteiger partial charge in [0.2, 0.25) is 0 Å². The maximum Gasteiger partial charge on any atom is 0.303 e. The summed E-state index contributed by atoms with van der Waals surface area (Å²) in [5.41, 5.74) is 1.11. The van der Waals surface area contributed by atoms with Crippen molar-refractivity contribution in [3.63, 3.8) is 0 Å². The topological polar surface area (TPSA) is 92.2 Å². The van der Waals surface area contributed by atoms with Crippen LogP contribution in [0.1, 0.15) is 41.6 Å². The highest BCUT2D eigenvalue weighted by molar-refractivity contribution is 7.98. The molecule has 1 heterocycles. The van der Waals surface area contributed by atoms with Crippen LogP contribution in [0.3, 0.4) is 0 Å². The molecule has 0 spiro atoms. The minimum atomic E-state index is -0.851. The molecule has 2 N–H and O–H groups in total. The van der Waals surface area contributed by atoms with Crippen LogP contribution in [-0.2, 0) is 4.79 Å². The molecule has 0 aliphatic rings. The summed E-state index contributed by atoms with van der Waals surface area (Å²) in [5.74, 6) is -0.544. The van der Waals surface area contributed by atoms with Gasteiger partial charge in [0, 0.05) is 13.0 Å². The van der Waals surface area contributed by atoms with Crippen molar-refractivity contribution in [3.05, 3.63) is 17.1 Å². The Hall–Kier alpha value is -1.63. The van der Waals surface area contributed by atoms with Gasteiger partial charge in [0.1, 0.15) is 10.9 Å². The van der Waals surface area contributed by atoms with Gasteiger partial charge in [-0.3, -0.25) is 9.59 Å². The van der Waals surface area contributed by atoms with Gasteiger partial charge < -0.3 is 10.4 Å². The quantitative estimate of drug-likeness (QED) is 0.591. The lowest BCUT2D eigenvalue weighted by atomic mass is 10.0. The minimum Gasteiger partial charge on any atom is -0.481 e. The number of hydrogen-bond acceptors (Lipinski definition) is 5. The summed E-state index contributed by atoms with van der Waals surface area (Å²) in [6.07, 6.45) is 2.61. The van der Waals surface area contributed by atoms with Crippen LogP contribution in [-0.4, -0.2) is 39.8 Å². The number of nitrogens with one attached hydrogen (secondary N) is 1. The summed E-state index contributed by atoms with van der Waals surface area (Å²) < 4.78 is 0. The van der Waals surface area contributed by atoms with Crippen LogP contribution in [0.2, 0.25) is 0 Å². The number of carbonyl (C=O) groups is 2. The first kappa shape index (κ1) is 17.4.